The van der Waals surface area contributed by atoms with Crippen molar-refractivity contribution in [2.24, 2.45) is 0 Å². The van der Waals surface area contributed by atoms with Gasteiger partial charge in [-0.15, -0.1) is 0 Å². The Morgan fingerprint density at radius 1 is 0.913 bits per heavy atom. The number of carboxylic acid groups (broad SMARTS) is 1. The third kappa shape index (κ3) is 2.99. The molecule has 0 atom stereocenters. The summed E-state index contributed by atoms with van der Waals surface area (Å²) in [7, 11) is 0. The van der Waals surface area contributed by atoms with E-state index in [4.69, 9.17) is 5.11 Å². The van der Waals surface area contributed by atoms with Crippen LogP contribution in [0.25, 0.3) is 0 Å². The molecule has 1 heterocycles. The average Bonchev–Trinajstić information content (AvgIpc) is 2.79. The number of fused-ring (bicyclic) bond motifs is 1. The molecule has 1 aliphatic rings. The summed E-state index contributed by atoms with van der Waals surface area (Å²) in [5.74, 6) is -1.43. The SMILES string of the molecule is O=C(O)CCc1cccc(CN2C(=O)c3ccccc3C2=O)c1. The molecule has 2 aromatic carbocycles. The van der Waals surface area contributed by atoms with E-state index >= 15 is 0 Å². The van der Waals surface area contributed by atoms with Crippen LogP contribution >= 0.6 is 0 Å². The highest BCUT2D eigenvalue weighted by Crippen LogP contribution is 2.24. The number of hydrogen-bond donors (Lipinski definition) is 1. The van der Waals surface area contributed by atoms with E-state index in [2.05, 4.69) is 0 Å². The second kappa shape index (κ2) is 6.04. The minimum absolute atomic E-state index is 0.0521. The first-order valence-corrected chi connectivity index (χ1v) is 7.31. The van der Waals surface area contributed by atoms with Crippen molar-refractivity contribution in [3.63, 3.8) is 0 Å². The fourth-order valence-corrected chi connectivity index (χ4v) is 2.70. The fourth-order valence-electron chi connectivity index (χ4n) is 2.70. The molecule has 5 heteroatoms. The van der Waals surface area contributed by atoms with Crippen molar-refractivity contribution in [1.82, 2.24) is 4.90 Å². The smallest absolute Gasteiger partial charge is 0.303 e. The summed E-state index contributed by atoms with van der Waals surface area (Å²) in [6, 6.07) is 14.1. The third-order valence-corrected chi connectivity index (χ3v) is 3.84. The number of hydrogen-bond acceptors (Lipinski definition) is 3. The predicted octanol–water partition coefficient (Wildman–Crippen LogP) is 2.50. The van der Waals surface area contributed by atoms with Crippen LogP contribution in [0.2, 0.25) is 0 Å². The van der Waals surface area contributed by atoms with E-state index in [-0.39, 0.29) is 24.8 Å². The Balaban J connectivity index is 1.78. The number of imide groups is 1. The number of nitrogens with zero attached hydrogens (tertiary/aromatic N) is 1. The minimum atomic E-state index is -0.851. The Morgan fingerprint density at radius 2 is 1.52 bits per heavy atom. The first kappa shape index (κ1) is 15.0. The van der Waals surface area contributed by atoms with E-state index in [9.17, 15) is 14.4 Å². The number of carboxylic acids is 1. The van der Waals surface area contributed by atoms with Crippen molar-refractivity contribution in [2.75, 3.05) is 0 Å². The van der Waals surface area contributed by atoms with Crippen LogP contribution in [0.4, 0.5) is 0 Å². The molecule has 0 saturated heterocycles. The van der Waals surface area contributed by atoms with Gasteiger partial charge in [-0.2, -0.15) is 0 Å². The number of aliphatic carboxylic acids is 1. The van der Waals surface area contributed by atoms with Crippen LogP contribution in [0, 0.1) is 0 Å². The van der Waals surface area contributed by atoms with Crippen molar-refractivity contribution in [3.05, 3.63) is 70.8 Å². The predicted molar refractivity (Wildman–Crippen MR) is 83.0 cm³/mol. The number of amides is 2. The number of benzene rings is 2. The van der Waals surface area contributed by atoms with Gasteiger partial charge in [0.15, 0.2) is 0 Å². The van der Waals surface area contributed by atoms with E-state index < -0.39 is 5.97 Å². The van der Waals surface area contributed by atoms with E-state index in [1.54, 1.807) is 24.3 Å². The molecule has 0 spiro atoms. The Labute approximate surface area is 133 Å². The highest BCUT2D eigenvalue weighted by Gasteiger charge is 2.34. The van der Waals surface area contributed by atoms with Crippen LogP contribution < -0.4 is 0 Å². The summed E-state index contributed by atoms with van der Waals surface area (Å²) in [5, 5.41) is 8.75. The van der Waals surface area contributed by atoms with Crippen molar-refractivity contribution in [1.29, 1.82) is 0 Å². The highest BCUT2D eigenvalue weighted by atomic mass is 16.4. The molecule has 0 unspecified atom stereocenters. The lowest BCUT2D eigenvalue weighted by atomic mass is 10.1. The lowest BCUT2D eigenvalue weighted by Crippen LogP contribution is -2.29. The summed E-state index contributed by atoms with van der Waals surface area (Å²) in [5.41, 5.74) is 2.54. The number of carbonyl (C=O) groups is 3. The summed E-state index contributed by atoms with van der Waals surface area (Å²) >= 11 is 0. The Morgan fingerprint density at radius 3 is 2.13 bits per heavy atom. The Kier molecular flexibility index (Phi) is 3.93. The van der Waals surface area contributed by atoms with Crippen molar-refractivity contribution in [3.8, 4) is 0 Å². The molecule has 1 aliphatic heterocycles. The molecule has 0 aliphatic carbocycles. The summed E-state index contributed by atoms with van der Waals surface area (Å²) in [6.07, 6.45) is 0.474. The van der Waals surface area contributed by atoms with Gasteiger partial charge in [0.05, 0.1) is 17.7 Å². The number of carbonyl (C=O) groups excluding carboxylic acids is 2. The second-order valence-corrected chi connectivity index (χ2v) is 5.46. The van der Waals surface area contributed by atoms with Crippen LogP contribution in [-0.2, 0) is 17.8 Å². The number of rotatable bonds is 5. The van der Waals surface area contributed by atoms with E-state index in [0.717, 1.165) is 11.1 Å². The highest BCUT2D eigenvalue weighted by molar-refractivity contribution is 6.21. The normalized spacial score (nSPS) is 13.3. The standard InChI is InChI=1S/C18H15NO4/c20-16(21)9-8-12-4-3-5-13(10-12)11-19-17(22)14-6-1-2-7-15(14)18(19)23/h1-7,10H,8-9,11H2,(H,20,21). The molecule has 116 valence electrons. The molecular formula is C18H15NO4. The van der Waals surface area contributed by atoms with Gasteiger partial charge in [-0.1, -0.05) is 36.4 Å². The van der Waals surface area contributed by atoms with Gasteiger partial charge >= 0.3 is 5.97 Å². The molecule has 23 heavy (non-hydrogen) atoms. The molecular weight excluding hydrogens is 294 g/mol. The average molecular weight is 309 g/mol. The van der Waals surface area contributed by atoms with Crippen LogP contribution in [0.1, 0.15) is 38.3 Å². The van der Waals surface area contributed by atoms with Gasteiger partial charge in [-0.25, -0.2) is 0 Å². The molecule has 2 aromatic rings. The molecule has 3 rings (SSSR count). The van der Waals surface area contributed by atoms with Gasteiger partial charge in [0.2, 0.25) is 0 Å². The maximum atomic E-state index is 12.3. The monoisotopic (exact) mass is 309 g/mol. The van der Waals surface area contributed by atoms with Crippen molar-refractivity contribution < 1.29 is 19.5 Å². The summed E-state index contributed by atoms with van der Waals surface area (Å²) in [6.45, 7) is 0.188. The largest absolute Gasteiger partial charge is 0.481 e. The Hall–Kier alpha value is -2.95. The third-order valence-electron chi connectivity index (χ3n) is 3.84. The molecule has 0 aromatic heterocycles. The topological polar surface area (TPSA) is 74.7 Å². The van der Waals surface area contributed by atoms with Crippen molar-refractivity contribution in [2.45, 2.75) is 19.4 Å². The summed E-state index contributed by atoms with van der Waals surface area (Å²) < 4.78 is 0. The first-order valence-electron chi connectivity index (χ1n) is 7.31. The van der Waals surface area contributed by atoms with E-state index in [0.29, 0.717) is 17.5 Å². The molecule has 0 bridgehead atoms. The van der Waals surface area contributed by atoms with E-state index in [1.807, 2.05) is 24.3 Å². The van der Waals surface area contributed by atoms with Crippen LogP contribution in [-0.4, -0.2) is 27.8 Å². The van der Waals surface area contributed by atoms with Gasteiger partial charge in [0.25, 0.3) is 11.8 Å². The molecule has 2 amide bonds. The van der Waals surface area contributed by atoms with Gasteiger partial charge in [0, 0.05) is 6.42 Å². The lowest BCUT2D eigenvalue weighted by Gasteiger charge is -2.14. The molecule has 0 fully saturated rings. The quantitative estimate of drug-likeness (QED) is 0.861. The first-order chi connectivity index (χ1) is 11.1. The molecule has 0 saturated carbocycles. The second-order valence-electron chi connectivity index (χ2n) is 5.46. The lowest BCUT2D eigenvalue weighted by molar-refractivity contribution is -0.136. The molecule has 5 nitrogen and oxygen atoms in total. The van der Waals surface area contributed by atoms with Gasteiger partial charge in [-0.05, 0) is 29.7 Å². The minimum Gasteiger partial charge on any atom is -0.481 e. The number of aryl methyl sites for hydroxylation is 1. The van der Waals surface area contributed by atoms with Gasteiger partial charge in [-0.3, -0.25) is 19.3 Å². The zero-order valence-corrected chi connectivity index (χ0v) is 12.4. The van der Waals surface area contributed by atoms with Crippen LogP contribution in [0.15, 0.2) is 48.5 Å². The van der Waals surface area contributed by atoms with Gasteiger partial charge < -0.3 is 5.11 Å². The zero-order chi connectivity index (χ0) is 16.4. The van der Waals surface area contributed by atoms with Crippen LogP contribution in [0.3, 0.4) is 0 Å². The van der Waals surface area contributed by atoms with E-state index in [1.165, 1.54) is 4.90 Å². The van der Waals surface area contributed by atoms with Crippen molar-refractivity contribution >= 4 is 17.8 Å². The maximum absolute atomic E-state index is 12.3. The molecule has 0 radical (unpaired) electrons. The Bertz CT molecular complexity index is 762. The maximum Gasteiger partial charge on any atom is 0.303 e. The fraction of sp³-hybridized carbons (Fsp3) is 0.167. The molecule has 1 N–H and O–H groups in total. The zero-order valence-electron chi connectivity index (χ0n) is 12.4. The van der Waals surface area contributed by atoms with Gasteiger partial charge in [0.1, 0.15) is 0 Å². The summed E-state index contributed by atoms with van der Waals surface area (Å²) in [4.78, 5) is 36.6. The van der Waals surface area contributed by atoms with Crippen LogP contribution in [0.5, 0.6) is 0 Å².